The first-order valence-electron chi connectivity index (χ1n) is 7.00. The Bertz CT molecular complexity index is 653. The number of nitrogens with zero attached hydrogens (tertiary/aromatic N) is 1. The van der Waals surface area contributed by atoms with Crippen LogP contribution in [0.15, 0.2) is 42.5 Å². The number of nitrogens with two attached hydrogens (primary N) is 1. The molecule has 0 fully saturated rings. The highest BCUT2D eigenvalue weighted by Crippen LogP contribution is 2.28. The highest BCUT2D eigenvalue weighted by Gasteiger charge is 2.13. The third-order valence-corrected chi connectivity index (χ3v) is 4.11. The van der Waals surface area contributed by atoms with E-state index < -0.39 is 0 Å². The summed E-state index contributed by atoms with van der Waals surface area (Å²) in [5.41, 5.74) is 8.28. The van der Waals surface area contributed by atoms with Crippen LogP contribution in [0.4, 0.5) is 5.69 Å². The monoisotopic (exact) mass is 336 g/mol. The van der Waals surface area contributed by atoms with Crippen molar-refractivity contribution < 1.29 is 4.79 Å². The fourth-order valence-electron chi connectivity index (χ4n) is 2.24. The van der Waals surface area contributed by atoms with E-state index in [2.05, 4.69) is 11.0 Å². The molecule has 2 rings (SSSR count). The summed E-state index contributed by atoms with van der Waals surface area (Å²) >= 11 is 12.5. The topological polar surface area (TPSA) is 46.3 Å². The van der Waals surface area contributed by atoms with E-state index in [0.717, 1.165) is 16.8 Å². The minimum absolute atomic E-state index is 0.274. The zero-order valence-electron chi connectivity index (χ0n) is 12.4. The average Bonchev–Trinajstić information content (AvgIpc) is 2.46. The van der Waals surface area contributed by atoms with Crippen molar-refractivity contribution in [2.45, 2.75) is 19.9 Å². The smallest absolute Gasteiger partial charge is 0.219 e. The quantitative estimate of drug-likeness (QED) is 0.859. The molecule has 0 spiro atoms. The van der Waals surface area contributed by atoms with Crippen molar-refractivity contribution in [3.8, 4) is 0 Å². The molecule has 22 heavy (non-hydrogen) atoms. The molecule has 0 unspecified atom stereocenters. The first kappa shape index (κ1) is 16.7. The zero-order chi connectivity index (χ0) is 16.1. The van der Waals surface area contributed by atoms with Gasteiger partial charge in [0, 0.05) is 40.8 Å². The Labute approximate surface area is 140 Å². The van der Waals surface area contributed by atoms with Gasteiger partial charge in [-0.25, -0.2) is 0 Å². The summed E-state index contributed by atoms with van der Waals surface area (Å²) in [7, 11) is 0. The molecule has 0 saturated heterocycles. The minimum atomic E-state index is -0.331. The summed E-state index contributed by atoms with van der Waals surface area (Å²) in [6.45, 7) is 3.06. The second-order valence-electron chi connectivity index (χ2n) is 5.18. The molecule has 0 atom stereocenters. The van der Waals surface area contributed by atoms with Crippen molar-refractivity contribution in [3.05, 3.63) is 63.6 Å². The van der Waals surface area contributed by atoms with Crippen LogP contribution in [-0.2, 0) is 11.3 Å². The molecule has 0 aromatic heterocycles. The largest absolute Gasteiger partial charge is 0.370 e. The maximum absolute atomic E-state index is 11.1. The average molecular weight is 337 g/mol. The van der Waals surface area contributed by atoms with E-state index in [9.17, 15) is 4.79 Å². The van der Waals surface area contributed by atoms with E-state index in [0.29, 0.717) is 23.1 Å². The van der Waals surface area contributed by atoms with Gasteiger partial charge < -0.3 is 10.6 Å². The molecular formula is C17H18Cl2N2O. The molecule has 0 aliphatic heterocycles. The second kappa shape index (κ2) is 7.52. The van der Waals surface area contributed by atoms with Crippen LogP contribution in [0, 0.1) is 6.92 Å². The molecule has 2 aromatic carbocycles. The predicted molar refractivity (Wildman–Crippen MR) is 92.5 cm³/mol. The van der Waals surface area contributed by atoms with Crippen molar-refractivity contribution in [1.29, 1.82) is 0 Å². The maximum Gasteiger partial charge on any atom is 0.219 e. The van der Waals surface area contributed by atoms with Crippen LogP contribution in [-0.4, -0.2) is 12.5 Å². The van der Waals surface area contributed by atoms with Crippen LogP contribution in [0.5, 0.6) is 0 Å². The number of halogens is 2. The van der Waals surface area contributed by atoms with Gasteiger partial charge in [0.15, 0.2) is 0 Å². The maximum atomic E-state index is 11.1. The van der Waals surface area contributed by atoms with Crippen LogP contribution >= 0.6 is 23.2 Å². The van der Waals surface area contributed by atoms with E-state index in [1.807, 2.05) is 43.3 Å². The molecule has 5 heteroatoms. The van der Waals surface area contributed by atoms with Gasteiger partial charge in [-0.3, -0.25) is 4.79 Å². The first-order chi connectivity index (χ1) is 10.5. The highest BCUT2D eigenvalue weighted by atomic mass is 35.5. The highest BCUT2D eigenvalue weighted by molar-refractivity contribution is 6.36. The molecule has 0 radical (unpaired) electrons. The number of hydrogen-bond acceptors (Lipinski definition) is 2. The van der Waals surface area contributed by atoms with Gasteiger partial charge in [0.1, 0.15) is 0 Å². The SMILES string of the molecule is Cc1cccc(N(CCC(N)=O)Cc2c(Cl)cccc2Cl)c1. The summed E-state index contributed by atoms with van der Waals surface area (Å²) in [5, 5.41) is 1.23. The van der Waals surface area contributed by atoms with Gasteiger partial charge in [-0.05, 0) is 36.8 Å². The summed E-state index contributed by atoms with van der Waals surface area (Å²) in [4.78, 5) is 13.2. The Morgan fingerprint density at radius 3 is 2.36 bits per heavy atom. The third kappa shape index (κ3) is 4.39. The molecule has 2 aromatic rings. The number of anilines is 1. The molecule has 1 amide bonds. The van der Waals surface area contributed by atoms with Gasteiger partial charge >= 0.3 is 0 Å². The molecule has 0 bridgehead atoms. The lowest BCUT2D eigenvalue weighted by Gasteiger charge is -2.26. The van der Waals surface area contributed by atoms with Crippen LogP contribution in [0.2, 0.25) is 10.0 Å². The Hall–Kier alpha value is -1.71. The number of rotatable bonds is 6. The van der Waals surface area contributed by atoms with E-state index >= 15 is 0 Å². The van der Waals surface area contributed by atoms with Crippen molar-refractivity contribution in [2.24, 2.45) is 5.73 Å². The summed E-state index contributed by atoms with van der Waals surface area (Å²) in [6, 6.07) is 13.5. The number of carbonyl (C=O) groups is 1. The standard InChI is InChI=1S/C17H18Cl2N2O/c1-12-4-2-5-13(10-12)21(9-8-17(20)22)11-14-15(18)6-3-7-16(14)19/h2-7,10H,8-9,11H2,1H3,(H2,20,22). The van der Waals surface area contributed by atoms with Crippen LogP contribution < -0.4 is 10.6 Å². The Morgan fingerprint density at radius 1 is 1.14 bits per heavy atom. The molecule has 0 heterocycles. The fraction of sp³-hybridized carbons (Fsp3) is 0.235. The van der Waals surface area contributed by atoms with Gasteiger partial charge in [0.2, 0.25) is 5.91 Å². The Kier molecular flexibility index (Phi) is 5.69. The lowest BCUT2D eigenvalue weighted by atomic mass is 10.1. The summed E-state index contributed by atoms with van der Waals surface area (Å²) < 4.78 is 0. The molecule has 2 N–H and O–H groups in total. The first-order valence-corrected chi connectivity index (χ1v) is 7.76. The number of benzene rings is 2. The number of amides is 1. The number of aryl methyl sites for hydroxylation is 1. The van der Waals surface area contributed by atoms with E-state index in [4.69, 9.17) is 28.9 Å². The Morgan fingerprint density at radius 2 is 1.77 bits per heavy atom. The Balaban J connectivity index is 2.30. The van der Waals surface area contributed by atoms with Crippen LogP contribution in [0.3, 0.4) is 0 Å². The van der Waals surface area contributed by atoms with Crippen LogP contribution in [0.1, 0.15) is 17.5 Å². The molecule has 0 aliphatic carbocycles. The molecule has 0 aliphatic rings. The van der Waals surface area contributed by atoms with Gasteiger partial charge in [0.05, 0.1) is 0 Å². The van der Waals surface area contributed by atoms with E-state index in [1.54, 1.807) is 0 Å². The van der Waals surface area contributed by atoms with Gasteiger partial charge in [-0.15, -0.1) is 0 Å². The minimum Gasteiger partial charge on any atom is -0.370 e. The van der Waals surface area contributed by atoms with Crippen molar-refractivity contribution in [3.63, 3.8) is 0 Å². The summed E-state index contributed by atoms with van der Waals surface area (Å²) in [6.07, 6.45) is 0.274. The normalized spacial score (nSPS) is 10.5. The lowest BCUT2D eigenvalue weighted by Crippen LogP contribution is -2.28. The van der Waals surface area contributed by atoms with Gasteiger partial charge in [-0.2, -0.15) is 0 Å². The van der Waals surface area contributed by atoms with E-state index in [1.165, 1.54) is 0 Å². The molecular weight excluding hydrogens is 319 g/mol. The molecule has 3 nitrogen and oxygen atoms in total. The number of hydrogen-bond donors (Lipinski definition) is 1. The zero-order valence-corrected chi connectivity index (χ0v) is 13.9. The second-order valence-corrected chi connectivity index (χ2v) is 5.99. The van der Waals surface area contributed by atoms with E-state index in [-0.39, 0.29) is 12.3 Å². The third-order valence-electron chi connectivity index (χ3n) is 3.41. The number of primary amides is 1. The van der Waals surface area contributed by atoms with Gasteiger partial charge in [-0.1, -0.05) is 41.4 Å². The molecule has 0 saturated carbocycles. The predicted octanol–water partition coefficient (Wildman–Crippen LogP) is 4.18. The van der Waals surface area contributed by atoms with Crippen LogP contribution in [0.25, 0.3) is 0 Å². The lowest BCUT2D eigenvalue weighted by molar-refractivity contribution is -0.117. The summed E-state index contributed by atoms with van der Waals surface area (Å²) in [5.74, 6) is -0.331. The number of carbonyl (C=O) groups excluding carboxylic acids is 1. The molecule has 116 valence electrons. The van der Waals surface area contributed by atoms with Gasteiger partial charge in [0.25, 0.3) is 0 Å². The fourth-order valence-corrected chi connectivity index (χ4v) is 2.76. The van der Waals surface area contributed by atoms with Crippen molar-refractivity contribution in [1.82, 2.24) is 0 Å². The van der Waals surface area contributed by atoms with Crippen molar-refractivity contribution in [2.75, 3.05) is 11.4 Å². The van der Waals surface area contributed by atoms with Crippen molar-refractivity contribution >= 4 is 34.8 Å².